The van der Waals surface area contributed by atoms with E-state index in [4.69, 9.17) is 10.8 Å². The molecule has 7 heteroatoms. The molecule has 1 aliphatic rings. The van der Waals surface area contributed by atoms with Crippen molar-refractivity contribution in [2.24, 2.45) is 5.73 Å². The Bertz CT molecular complexity index is 653. The molecular formula is C18H25F2N5. The number of alkyl halides is 2. The molecule has 3 rings (SSSR count). The SMILES string of the molecule is NCC[C@H](NCc1cn(C2CCCC2)nc1-c1ccccn1)C(F)F. The minimum atomic E-state index is -2.44. The molecule has 0 aromatic carbocycles. The molecule has 0 aliphatic heterocycles. The van der Waals surface area contributed by atoms with Crippen LogP contribution in [0.4, 0.5) is 8.78 Å². The number of nitrogens with one attached hydrogen (secondary N) is 1. The van der Waals surface area contributed by atoms with E-state index < -0.39 is 12.5 Å². The van der Waals surface area contributed by atoms with Crippen molar-refractivity contribution in [3.05, 3.63) is 36.2 Å². The summed E-state index contributed by atoms with van der Waals surface area (Å²) in [5.41, 5.74) is 7.87. The lowest BCUT2D eigenvalue weighted by Crippen LogP contribution is -2.37. The van der Waals surface area contributed by atoms with Gasteiger partial charge in [-0.15, -0.1) is 0 Å². The van der Waals surface area contributed by atoms with Crippen LogP contribution >= 0.6 is 0 Å². The molecule has 5 nitrogen and oxygen atoms in total. The number of halogens is 2. The van der Waals surface area contributed by atoms with E-state index in [1.807, 2.05) is 29.1 Å². The maximum atomic E-state index is 13.1. The van der Waals surface area contributed by atoms with Crippen molar-refractivity contribution >= 4 is 0 Å². The Kier molecular flexibility index (Phi) is 6.09. The molecule has 2 heterocycles. The second kappa shape index (κ2) is 8.49. The van der Waals surface area contributed by atoms with E-state index in [0.717, 1.165) is 29.8 Å². The molecule has 0 spiro atoms. The summed E-state index contributed by atoms with van der Waals surface area (Å²) in [6.07, 6.45) is 6.16. The molecule has 0 bridgehead atoms. The van der Waals surface area contributed by atoms with Crippen molar-refractivity contribution < 1.29 is 8.78 Å². The minimum Gasteiger partial charge on any atom is -0.330 e. The molecule has 1 saturated carbocycles. The lowest BCUT2D eigenvalue weighted by atomic mass is 10.1. The average molecular weight is 349 g/mol. The van der Waals surface area contributed by atoms with Crippen LogP contribution < -0.4 is 11.1 Å². The summed E-state index contributed by atoms with van der Waals surface area (Å²) in [6.45, 7) is 0.560. The molecule has 0 radical (unpaired) electrons. The molecule has 3 N–H and O–H groups in total. The predicted molar refractivity (Wildman–Crippen MR) is 93.3 cm³/mol. The Labute approximate surface area is 146 Å². The Morgan fingerprint density at radius 1 is 1.28 bits per heavy atom. The number of nitrogens with two attached hydrogens (primary N) is 1. The fraction of sp³-hybridized carbons (Fsp3) is 0.556. The fourth-order valence-electron chi connectivity index (χ4n) is 3.37. The van der Waals surface area contributed by atoms with Crippen LogP contribution in [0, 0.1) is 0 Å². The third kappa shape index (κ3) is 4.41. The van der Waals surface area contributed by atoms with Gasteiger partial charge in [-0.2, -0.15) is 5.10 Å². The average Bonchev–Trinajstić information content (AvgIpc) is 3.28. The lowest BCUT2D eigenvalue weighted by Gasteiger charge is -2.16. The second-order valence-corrected chi connectivity index (χ2v) is 6.54. The molecule has 0 amide bonds. The highest BCUT2D eigenvalue weighted by atomic mass is 19.3. The molecular weight excluding hydrogens is 324 g/mol. The van der Waals surface area contributed by atoms with Crippen molar-refractivity contribution in [1.82, 2.24) is 20.1 Å². The standard InChI is InChI=1S/C18H25F2N5/c19-18(20)16(8-9-21)23-11-13-12-25(14-5-1-2-6-14)24-17(13)15-7-3-4-10-22-15/h3-4,7,10,12,14,16,18,23H,1-2,5-6,8-9,11,21H2/t16-/m0/s1. The third-order valence-electron chi connectivity index (χ3n) is 4.75. The van der Waals surface area contributed by atoms with Gasteiger partial charge in [0.25, 0.3) is 6.43 Å². The first-order valence-corrected chi connectivity index (χ1v) is 8.90. The highest BCUT2D eigenvalue weighted by Gasteiger charge is 2.23. The van der Waals surface area contributed by atoms with Crippen molar-refractivity contribution in [2.45, 2.75) is 57.2 Å². The zero-order valence-corrected chi connectivity index (χ0v) is 14.2. The van der Waals surface area contributed by atoms with Crippen molar-refractivity contribution in [3.8, 4) is 11.4 Å². The predicted octanol–water partition coefficient (Wildman–Crippen LogP) is 3.13. The van der Waals surface area contributed by atoms with Crippen molar-refractivity contribution in [2.75, 3.05) is 6.54 Å². The van der Waals surface area contributed by atoms with E-state index in [2.05, 4.69) is 10.3 Å². The van der Waals surface area contributed by atoms with Gasteiger partial charge < -0.3 is 11.1 Å². The molecule has 2 aromatic rings. The summed E-state index contributed by atoms with van der Waals surface area (Å²) in [5, 5.41) is 7.67. The third-order valence-corrected chi connectivity index (χ3v) is 4.75. The highest BCUT2D eigenvalue weighted by Crippen LogP contribution is 2.31. The van der Waals surface area contributed by atoms with E-state index in [9.17, 15) is 8.78 Å². The van der Waals surface area contributed by atoms with Crippen LogP contribution in [0.3, 0.4) is 0 Å². The Morgan fingerprint density at radius 3 is 2.72 bits per heavy atom. The van der Waals surface area contributed by atoms with Gasteiger partial charge in [0.2, 0.25) is 0 Å². The number of rotatable bonds is 8. The van der Waals surface area contributed by atoms with Crippen LogP contribution in [0.15, 0.2) is 30.6 Å². The van der Waals surface area contributed by atoms with E-state index in [0.29, 0.717) is 12.6 Å². The van der Waals surface area contributed by atoms with Gasteiger partial charge in [-0.25, -0.2) is 8.78 Å². The number of pyridine rings is 1. The van der Waals surface area contributed by atoms with E-state index in [-0.39, 0.29) is 13.0 Å². The summed E-state index contributed by atoms with van der Waals surface area (Å²) in [5.74, 6) is 0. The molecule has 25 heavy (non-hydrogen) atoms. The van der Waals surface area contributed by atoms with Gasteiger partial charge in [0.15, 0.2) is 0 Å². The first-order chi connectivity index (χ1) is 12.2. The van der Waals surface area contributed by atoms with Crippen molar-refractivity contribution in [3.63, 3.8) is 0 Å². The van der Waals surface area contributed by atoms with Crippen molar-refractivity contribution in [1.29, 1.82) is 0 Å². The quantitative estimate of drug-likeness (QED) is 0.768. The normalized spacial score (nSPS) is 16.6. The Hall–Kier alpha value is -1.86. The first kappa shape index (κ1) is 17.9. The summed E-state index contributed by atoms with van der Waals surface area (Å²) in [4.78, 5) is 4.38. The van der Waals surface area contributed by atoms with Crippen LogP contribution in [0.5, 0.6) is 0 Å². The zero-order valence-electron chi connectivity index (χ0n) is 14.2. The molecule has 1 fully saturated rings. The second-order valence-electron chi connectivity index (χ2n) is 6.54. The Morgan fingerprint density at radius 2 is 2.08 bits per heavy atom. The van der Waals surface area contributed by atoms with Crippen LogP contribution in [0.1, 0.15) is 43.7 Å². The van der Waals surface area contributed by atoms with Gasteiger partial charge in [0, 0.05) is 24.5 Å². The van der Waals surface area contributed by atoms with Gasteiger partial charge in [-0.05, 0) is 37.9 Å². The summed E-state index contributed by atoms with van der Waals surface area (Å²) in [6, 6.07) is 5.14. The highest BCUT2D eigenvalue weighted by molar-refractivity contribution is 5.58. The molecule has 0 saturated heterocycles. The van der Waals surface area contributed by atoms with Crippen LogP contribution in [0.25, 0.3) is 11.4 Å². The molecule has 1 aliphatic carbocycles. The van der Waals surface area contributed by atoms with E-state index in [1.165, 1.54) is 12.8 Å². The van der Waals surface area contributed by atoms with Gasteiger partial charge in [0.05, 0.1) is 17.8 Å². The number of hydrogen-bond donors (Lipinski definition) is 2. The zero-order chi connectivity index (χ0) is 17.6. The number of nitrogens with zero attached hydrogens (tertiary/aromatic N) is 3. The van der Waals surface area contributed by atoms with Gasteiger partial charge >= 0.3 is 0 Å². The van der Waals surface area contributed by atoms with Crippen LogP contribution in [-0.2, 0) is 6.54 Å². The molecule has 2 aromatic heterocycles. The summed E-state index contributed by atoms with van der Waals surface area (Å²) >= 11 is 0. The number of aromatic nitrogens is 3. The largest absolute Gasteiger partial charge is 0.330 e. The van der Waals surface area contributed by atoms with Gasteiger partial charge in [-0.1, -0.05) is 18.9 Å². The summed E-state index contributed by atoms with van der Waals surface area (Å²) < 4.78 is 28.2. The monoisotopic (exact) mass is 349 g/mol. The summed E-state index contributed by atoms with van der Waals surface area (Å²) in [7, 11) is 0. The maximum Gasteiger partial charge on any atom is 0.253 e. The van der Waals surface area contributed by atoms with Gasteiger partial charge in [0.1, 0.15) is 5.69 Å². The lowest BCUT2D eigenvalue weighted by molar-refractivity contribution is 0.0943. The van der Waals surface area contributed by atoms with E-state index in [1.54, 1.807) is 6.20 Å². The molecule has 136 valence electrons. The minimum absolute atomic E-state index is 0.233. The topological polar surface area (TPSA) is 68.8 Å². The first-order valence-electron chi connectivity index (χ1n) is 8.90. The molecule has 1 atom stereocenters. The van der Waals surface area contributed by atoms with E-state index >= 15 is 0 Å². The van der Waals surface area contributed by atoms with Crippen LogP contribution in [0.2, 0.25) is 0 Å². The van der Waals surface area contributed by atoms with Gasteiger partial charge in [-0.3, -0.25) is 9.67 Å². The van der Waals surface area contributed by atoms with Crippen LogP contribution in [-0.4, -0.2) is 33.8 Å². The maximum absolute atomic E-state index is 13.1. The Balaban J connectivity index is 1.83. The smallest absolute Gasteiger partial charge is 0.253 e. The molecule has 0 unspecified atom stereocenters. The fourth-order valence-corrected chi connectivity index (χ4v) is 3.37. The number of hydrogen-bond acceptors (Lipinski definition) is 4.